The van der Waals surface area contributed by atoms with Crippen molar-refractivity contribution in [1.29, 1.82) is 0 Å². The molecule has 3 heteroatoms. The van der Waals surface area contributed by atoms with Gasteiger partial charge in [-0.3, -0.25) is 4.79 Å². The van der Waals surface area contributed by atoms with Crippen LogP contribution in [0.3, 0.4) is 0 Å². The van der Waals surface area contributed by atoms with Crippen LogP contribution in [-0.2, 0) is 9.53 Å². The third-order valence-corrected chi connectivity index (χ3v) is 2.31. The second-order valence-corrected chi connectivity index (χ2v) is 4.19. The maximum Gasteiger partial charge on any atom is 0.315 e. The van der Waals surface area contributed by atoms with Crippen LogP contribution in [0.4, 0.5) is 0 Å². The third kappa shape index (κ3) is 2.80. The van der Waals surface area contributed by atoms with Crippen molar-refractivity contribution in [2.45, 2.75) is 25.3 Å². The third-order valence-electron chi connectivity index (χ3n) is 2.31. The van der Waals surface area contributed by atoms with Crippen molar-refractivity contribution in [1.82, 2.24) is 0 Å². The summed E-state index contributed by atoms with van der Waals surface area (Å²) in [6.45, 7) is 3.64. The van der Waals surface area contributed by atoms with Gasteiger partial charge in [0.1, 0.15) is 0 Å². The molecule has 0 saturated heterocycles. The van der Waals surface area contributed by atoms with E-state index < -0.39 is 11.5 Å². The van der Waals surface area contributed by atoms with E-state index in [0.717, 1.165) is 5.56 Å². The van der Waals surface area contributed by atoms with Gasteiger partial charge < -0.3 is 10.5 Å². The Hall–Kier alpha value is -1.35. The second kappa shape index (κ2) is 4.45. The lowest BCUT2D eigenvalue weighted by Crippen LogP contribution is -2.43. The molecule has 15 heavy (non-hydrogen) atoms. The van der Waals surface area contributed by atoms with Crippen LogP contribution in [0.5, 0.6) is 0 Å². The van der Waals surface area contributed by atoms with Crippen LogP contribution in [0.25, 0.3) is 0 Å². The summed E-state index contributed by atoms with van der Waals surface area (Å²) in [5.41, 5.74) is 6.24. The Bertz CT molecular complexity index is 327. The van der Waals surface area contributed by atoms with Gasteiger partial charge >= 0.3 is 5.97 Å². The monoisotopic (exact) mass is 207 g/mol. The Morgan fingerprint density at radius 1 is 1.33 bits per heavy atom. The molecule has 82 valence electrons. The summed E-state index contributed by atoms with van der Waals surface area (Å²) in [5.74, 6) is -0.725. The molecule has 0 radical (unpaired) electrons. The molecule has 0 unspecified atom stereocenters. The Balaban J connectivity index is 3.08. The zero-order chi connectivity index (χ0) is 11.5. The van der Waals surface area contributed by atoms with Crippen molar-refractivity contribution in [3.63, 3.8) is 0 Å². The lowest BCUT2D eigenvalue weighted by molar-refractivity contribution is -0.143. The summed E-state index contributed by atoms with van der Waals surface area (Å²) in [6.07, 6.45) is 0. The predicted molar refractivity (Wildman–Crippen MR) is 59.5 cm³/mol. The van der Waals surface area contributed by atoms with E-state index in [1.54, 1.807) is 0 Å². The maximum atomic E-state index is 11.7. The zero-order valence-corrected chi connectivity index (χ0v) is 9.36. The second-order valence-electron chi connectivity index (χ2n) is 4.19. The Morgan fingerprint density at radius 3 is 2.27 bits per heavy atom. The maximum absolute atomic E-state index is 11.7. The molecule has 0 aliphatic rings. The lowest BCUT2D eigenvalue weighted by atomic mass is 9.83. The van der Waals surface area contributed by atoms with Gasteiger partial charge in [0.05, 0.1) is 13.0 Å². The Labute approximate surface area is 90.2 Å². The lowest BCUT2D eigenvalue weighted by Gasteiger charge is -2.28. The van der Waals surface area contributed by atoms with Crippen LogP contribution >= 0.6 is 0 Å². The molecule has 0 amide bonds. The van der Waals surface area contributed by atoms with E-state index in [4.69, 9.17) is 10.5 Å². The van der Waals surface area contributed by atoms with Gasteiger partial charge in [0.25, 0.3) is 0 Å². The molecule has 0 aliphatic carbocycles. The number of methoxy groups -OCH3 is 1. The van der Waals surface area contributed by atoms with Gasteiger partial charge in [-0.05, 0) is 19.4 Å². The molecule has 0 spiro atoms. The largest absolute Gasteiger partial charge is 0.468 e. The number of benzene rings is 1. The van der Waals surface area contributed by atoms with E-state index in [9.17, 15) is 4.79 Å². The summed E-state index contributed by atoms with van der Waals surface area (Å²) < 4.78 is 4.77. The fourth-order valence-electron chi connectivity index (χ4n) is 1.63. The number of rotatable bonds is 3. The topological polar surface area (TPSA) is 52.3 Å². The molecule has 0 aliphatic heterocycles. The fraction of sp³-hybridized carbons (Fsp3) is 0.417. The molecular formula is C12H17NO2. The minimum Gasteiger partial charge on any atom is -0.468 e. The molecule has 0 heterocycles. The minimum absolute atomic E-state index is 0.297. The molecule has 0 aromatic heterocycles. The van der Waals surface area contributed by atoms with Crippen LogP contribution < -0.4 is 5.73 Å². The highest BCUT2D eigenvalue weighted by molar-refractivity contribution is 5.79. The van der Waals surface area contributed by atoms with Crippen LogP contribution in [0, 0.1) is 0 Å². The van der Waals surface area contributed by atoms with Crippen molar-refractivity contribution < 1.29 is 9.53 Å². The highest BCUT2D eigenvalue weighted by atomic mass is 16.5. The van der Waals surface area contributed by atoms with Crippen LogP contribution in [0.1, 0.15) is 25.3 Å². The molecule has 1 rings (SSSR count). The first kappa shape index (κ1) is 11.7. The van der Waals surface area contributed by atoms with E-state index >= 15 is 0 Å². The van der Waals surface area contributed by atoms with Crippen molar-refractivity contribution in [3.8, 4) is 0 Å². The van der Waals surface area contributed by atoms with E-state index in [0.29, 0.717) is 0 Å². The van der Waals surface area contributed by atoms with Crippen LogP contribution in [0.15, 0.2) is 30.3 Å². The zero-order valence-electron chi connectivity index (χ0n) is 9.36. The first-order valence-electron chi connectivity index (χ1n) is 4.88. The Kier molecular flexibility index (Phi) is 3.48. The molecule has 2 N–H and O–H groups in total. The fourth-order valence-corrected chi connectivity index (χ4v) is 1.63. The van der Waals surface area contributed by atoms with Crippen LogP contribution in [-0.4, -0.2) is 18.6 Å². The van der Waals surface area contributed by atoms with Crippen molar-refractivity contribution in [2.24, 2.45) is 5.73 Å². The van der Waals surface area contributed by atoms with Crippen molar-refractivity contribution >= 4 is 5.97 Å². The van der Waals surface area contributed by atoms with Gasteiger partial charge in [0.15, 0.2) is 0 Å². The van der Waals surface area contributed by atoms with Gasteiger partial charge in [0, 0.05) is 5.54 Å². The van der Waals surface area contributed by atoms with Gasteiger partial charge in [-0.1, -0.05) is 30.3 Å². The standard InChI is InChI=1S/C12H17NO2/c1-12(2,13)10(11(14)15-3)9-7-5-4-6-8-9/h4-8,10H,13H2,1-3H3/t10-/m1/s1. The number of hydrogen-bond donors (Lipinski definition) is 1. The highest BCUT2D eigenvalue weighted by Crippen LogP contribution is 2.27. The quantitative estimate of drug-likeness (QED) is 0.767. The first-order valence-corrected chi connectivity index (χ1v) is 4.88. The van der Waals surface area contributed by atoms with Gasteiger partial charge in [-0.25, -0.2) is 0 Å². The summed E-state index contributed by atoms with van der Waals surface area (Å²) in [7, 11) is 1.38. The van der Waals surface area contributed by atoms with Crippen molar-refractivity contribution in [3.05, 3.63) is 35.9 Å². The smallest absolute Gasteiger partial charge is 0.315 e. The van der Waals surface area contributed by atoms with Crippen molar-refractivity contribution in [2.75, 3.05) is 7.11 Å². The van der Waals surface area contributed by atoms with Gasteiger partial charge in [-0.2, -0.15) is 0 Å². The summed E-state index contributed by atoms with van der Waals surface area (Å²) in [5, 5.41) is 0. The van der Waals surface area contributed by atoms with E-state index in [2.05, 4.69) is 0 Å². The number of esters is 1. The molecule has 1 atom stereocenters. The Morgan fingerprint density at radius 2 is 1.87 bits per heavy atom. The number of hydrogen-bond acceptors (Lipinski definition) is 3. The van der Waals surface area contributed by atoms with E-state index in [1.165, 1.54) is 7.11 Å². The molecule has 0 bridgehead atoms. The number of nitrogens with two attached hydrogens (primary N) is 1. The average molecular weight is 207 g/mol. The summed E-state index contributed by atoms with van der Waals surface area (Å²) in [6, 6.07) is 9.45. The van der Waals surface area contributed by atoms with E-state index in [-0.39, 0.29) is 5.97 Å². The number of carbonyl (C=O) groups is 1. The molecule has 1 aromatic carbocycles. The SMILES string of the molecule is COC(=O)[C@@H](c1ccccc1)C(C)(C)N. The average Bonchev–Trinajstić information content (AvgIpc) is 2.17. The minimum atomic E-state index is -0.631. The van der Waals surface area contributed by atoms with E-state index in [1.807, 2.05) is 44.2 Å². The molecule has 0 fully saturated rings. The molecular weight excluding hydrogens is 190 g/mol. The van der Waals surface area contributed by atoms with Crippen LogP contribution in [0.2, 0.25) is 0 Å². The van der Waals surface area contributed by atoms with Gasteiger partial charge in [0.2, 0.25) is 0 Å². The molecule has 0 saturated carbocycles. The number of carbonyl (C=O) groups excluding carboxylic acids is 1. The molecule has 3 nitrogen and oxygen atoms in total. The normalized spacial score (nSPS) is 13.3. The molecule has 1 aromatic rings. The van der Waals surface area contributed by atoms with Gasteiger partial charge in [-0.15, -0.1) is 0 Å². The first-order chi connectivity index (χ1) is 6.96. The summed E-state index contributed by atoms with van der Waals surface area (Å²) >= 11 is 0. The summed E-state index contributed by atoms with van der Waals surface area (Å²) in [4.78, 5) is 11.7. The number of ether oxygens (including phenoxy) is 1. The predicted octanol–water partition coefficient (Wildman–Crippen LogP) is 1.68. The highest BCUT2D eigenvalue weighted by Gasteiger charge is 2.33.